The second-order valence-electron chi connectivity index (χ2n) is 32.2. The molecule has 11 aliphatic rings. The quantitative estimate of drug-likeness (QED) is 0.246. The smallest absolute Gasteiger partial charge is 0.381 e. The molecule has 11 unspecified atom stereocenters. The van der Waals surface area contributed by atoms with Crippen LogP contribution in [0.1, 0.15) is 187 Å². The van der Waals surface area contributed by atoms with E-state index in [4.69, 9.17) is 18.9 Å². The lowest BCUT2D eigenvalue weighted by molar-refractivity contribution is -0.185. The summed E-state index contributed by atoms with van der Waals surface area (Å²) in [6, 6.07) is 3.61. The van der Waals surface area contributed by atoms with Gasteiger partial charge >= 0.3 is 6.18 Å². The average Bonchev–Trinajstić information content (AvgIpc) is 1.14. The van der Waals surface area contributed by atoms with E-state index >= 15 is 0 Å². The molecule has 578 valence electrons. The second kappa shape index (κ2) is 50.4. The first kappa shape index (κ1) is 95.0. The number of likely N-dealkylation sites (tertiary alicyclic amines) is 8. The highest BCUT2D eigenvalue weighted by molar-refractivity contribution is 4.87. The first-order valence-corrected chi connectivity index (χ1v) is 37.7. The monoisotopic (exact) mass is 1390 g/mol. The van der Waals surface area contributed by atoms with Crippen LogP contribution in [-0.2, 0) is 18.9 Å². The third kappa shape index (κ3) is 43.9. The third-order valence-corrected chi connectivity index (χ3v) is 21.7. The first-order chi connectivity index (χ1) is 44.2. The molecule has 11 atom stereocenters. The zero-order chi connectivity index (χ0) is 72.2. The molecule has 15 nitrogen and oxygen atoms in total. The van der Waals surface area contributed by atoms with Crippen molar-refractivity contribution in [2.75, 3.05) is 216 Å². The first-order valence-electron chi connectivity index (χ1n) is 37.7. The molecule has 0 bridgehead atoms. The van der Waals surface area contributed by atoms with Gasteiger partial charge in [0.15, 0.2) is 0 Å². The number of hydrogen-bond acceptors (Lipinski definition) is 15. The Morgan fingerprint density at radius 1 is 0.469 bits per heavy atom. The van der Waals surface area contributed by atoms with E-state index in [0.29, 0.717) is 62.1 Å². The maximum Gasteiger partial charge on any atom is 0.393 e. The Labute approximate surface area is 591 Å². The van der Waals surface area contributed by atoms with Gasteiger partial charge in [-0.15, -0.1) is 0 Å². The molecule has 11 saturated heterocycles. The number of alkyl halides is 5. The van der Waals surface area contributed by atoms with Crippen molar-refractivity contribution in [2.24, 2.45) is 23.7 Å². The summed E-state index contributed by atoms with van der Waals surface area (Å²) in [4.78, 5) is 24.9. The molecule has 11 rings (SSSR count). The Morgan fingerprint density at radius 2 is 0.958 bits per heavy atom. The second-order valence-corrected chi connectivity index (χ2v) is 32.2. The fourth-order valence-electron chi connectivity index (χ4n) is 13.5. The molecule has 11 heterocycles. The molecule has 0 radical (unpaired) electrons. The fraction of sp³-hybridized carbons (Fsp3) is 1.00. The molecule has 0 aromatic heterocycles. The maximum atomic E-state index is 12.8. The highest BCUT2D eigenvalue weighted by Crippen LogP contribution is 2.33. The third-order valence-electron chi connectivity index (χ3n) is 21.7. The molecule has 11 fully saturated rings. The number of rotatable bonds is 2. The van der Waals surface area contributed by atoms with E-state index in [9.17, 15) is 22.0 Å². The maximum absolute atomic E-state index is 12.8. The van der Waals surface area contributed by atoms with Crippen molar-refractivity contribution < 1.29 is 40.9 Å². The minimum Gasteiger partial charge on any atom is -0.381 e. The van der Waals surface area contributed by atoms with Gasteiger partial charge in [0, 0.05) is 122 Å². The van der Waals surface area contributed by atoms with Crippen molar-refractivity contribution in [3.63, 3.8) is 0 Å². The number of piperidine rings is 5. The van der Waals surface area contributed by atoms with Crippen LogP contribution in [0.4, 0.5) is 22.0 Å². The van der Waals surface area contributed by atoms with Crippen molar-refractivity contribution in [3.8, 4) is 0 Å². The lowest BCUT2D eigenvalue weighted by Crippen LogP contribution is -2.53. The molecule has 11 aliphatic heterocycles. The summed E-state index contributed by atoms with van der Waals surface area (Å²) >= 11 is 0. The topological polar surface area (TPSA) is 72.6 Å². The molecule has 0 aromatic carbocycles. The van der Waals surface area contributed by atoms with Crippen molar-refractivity contribution in [1.82, 2.24) is 53.9 Å². The van der Waals surface area contributed by atoms with Crippen molar-refractivity contribution >= 4 is 0 Å². The number of methoxy groups -OCH3 is 1. The van der Waals surface area contributed by atoms with Gasteiger partial charge in [0.1, 0.15) is 11.8 Å². The SMILES string of the molecule is C.CC(F)C1CN(C)C1.CC1CCCC(C)N1C.CC1CCCCN1C.CC1CCN(C)C1.CC1CCN(C)CC1.CC1CN(C)CC(C)O1.CC1COCCN1C.CC1N(C)CCOC1(C)C.CN1CCC(C)(F)C1.CN1CCCC(C(F)(F)F)C1.COC1CCN(C)CC1. The van der Waals surface area contributed by atoms with Crippen LogP contribution in [0, 0.1) is 23.7 Å². The molecule has 0 spiro atoms. The van der Waals surface area contributed by atoms with Crippen LogP contribution in [0.2, 0.25) is 0 Å². The van der Waals surface area contributed by atoms with E-state index in [1.54, 1.807) is 32.9 Å². The minimum absolute atomic E-state index is 0. The number of morpholine rings is 3. The Balaban J connectivity index is 0.00000103. The van der Waals surface area contributed by atoms with Gasteiger partial charge in [0.05, 0.1) is 49.7 Å². The van der Waals surface area contributed by atoms with Gasteiger partial charge in [-0.2, -0.15) is 13.2 Å². The van der Waals surface area contributed by atoms with E-state index in [-0.39, 0.29) is 19.6 Å². The largest absolute Gasteiger partial charge is 0.393 e. The van der Waals surface area contributed by atoms with Crippen molar-refractivity contribution in [3.05, 3.63) is 0 Å². The molecular weight excluding hydrogens is 1230 g/mol. The number of nitrogens with zero attached hydrogens (tertiary/aromatic N) is 11. The summed E-state index contributed by atoms with van der Waals surface area (Å²) in [6.45, 7) is 48.0. The lowest BCUT2D eigenvalue weighted by atomic mass is 9.97. The van der Waals surface area contributed by atoms with Crippen molar-refractivity contribution in [1.29, 1.82) is 0 Å². The summed E-state index contributed by atoms with van der Waals surface area (Å²) in [7, 11) is 24.9. The van der Waals surface area contributed by atoms with Gasteiger partial charge < -0.3 is 63.0 Å². The molecule has 20 heteroatoms. The average molecular weight is 1390 g/mol. The van der Waals surface area contributed by atoms with Crippen molar-refractivity contribution in [2.45, 2.75) is 259 Å². The van der Waals surface area contributed by atoms with E-state index in [0.717, 1.165) is 102 Å². The Kier molecular flexibility index (Phi) is 49.9. The molecule has 0 amide bonds. The zero-order valence-electron chi connectivity index (χ0n) is 66.5. The molecule has 0 aromatic rings. The zero-order valence-corrected chi connectivity index (χ0v) is 66.5. The molecule has 0 saturated carbocycles. The van der Waals surface area contributed by atoms with Gasteiger partial charge in [-0.25, -0.2) is 8.78 Å². The van der Waals surface area contributed by atoms with E-state index in [2.05, 4.69) is 177 Å². The summed E-state index contributed by atoms with van der Waals surface area (Å²) in [6.07, 6.45) is 13.5. The molecule has 96 heavy (non-hydrogen) atoms. The van der Waals surface area contributed by atoms with Gasteiger partial charge in [0.25, 0.3) is 0 Å². The Hall–Kier alpha value is -0.950. The highest BCUT2D eigenvalue weighted by Gasteiger charge is 2.41. The van der Waals surface area contributed by atoms with Gasteiger partial charge in [-0.05, 0) is 275 Å². The van der Waals surface area contributed by atoms with Crippen LogP contribution >= 0.6 is 0 Å². The van der Waals surface area contributed by atoms with E-state index in [1.165, 1.54) is 116 Å². The summed E-state index contributed by atoms with van der Waals surface area (Å²) in [5.41, 5.74) is -0.873. The van der Waals surface area contributed by atoms with E-state index < -0.39 is 23.9 Å². The molecule has 0 aliphatic carbocycles. The minimum atomic E-state index is -3.99. The molecular formula is C76H160F5N11O4. The Bertz CT molecular complexity index is 1760. The standard InChI is InChI=1S/C8H17NO.C8H17N.C7H12F3N.2C7H15NO.2C7H15N.2C6H12FN.C6H13NO.C6H13N.CH4/c1-7-8(2,3)10-6-5-9(7)4;1-7-5-4-6-8(2)9(7)3;1-11-4-2-3-6(5-11)7(8,9)10;1-6-4-8(3)5-7(2)9-6;1-8-5-3-7(9-2)4-6-8;1-7-3-5-8(2)6-4-7;1-7-5-3-4-6-8(7)2;1-5(7)6-3-8(2)4-6;1-6(7)3-4-8(2)5-6;1-6-5-8-4-3-7(6)2;1-6-3-4-7(2)5-6;/h7H,5-6H2,1-4H3;7-8H,4-6H2,1-3H3;6H,2-5H2,1H3;6-7H,4-5H2,1-3H3;7H,3-6H2,1-2H3;2*7H,3-6H2,1-2H3;5-6H,3-4H2,1-2H3;3-5H2,1-2H3;6H,3-5H2,1-2H3;6H,3-5H2,1-2H3;1H4. The number of ether oxygens (including phenoxy) is 4. The highest BCUT2D eigenvalue weighted by atomic mass is 19.4. The number of hydrogen-bond donors (Lipinski definition) is 0. The van der Waals surface area contributed by atoms with Crippen LogP contribution in [0.5, 0.6) is 0 Å². The number of halogens is 5. The van der Waals surface area contributed by atoms with Gasteiger partial charge in [-0.3, -0.25) is 9.80 Å². The summed E-state index contributed by atoms with van der Waals surface area (Å²) in [5.74, 6) is 1.15. The van der Waals surface area contributed by atoms with Crippen LogP contribution in [-0.4, -0.2) is 342 Å². The summed E-state index contributed by atoms with van der Waals surface area (Å²) in [5, 5.41) is 0. The Morgan fingerprint density at radius 3 is 1.26 bits per heavy atom. The summed E-state index contributed by atoms with van der Waals surface area (Å²) < 4.78 is 82.9. The molecule has 0 N–H and O–H groups in total. The van der Waals surface area contributed by atoms with Crippen LogP contribution in [0.25, 0.3) is 0 Å². The predicted octanol–water partition coefficient (Wildman–Crippen LogP) is 13.1. The predicted molar refractivity (Wildman–Crippen MR) is 400 cm³/mol. The fourth-order valence-corrected chi connectivity index (χ4v) is 13.5. The van der Waals surface area contributed by atoms with Gasteiger partial charge in [-0.1, -0.05) is 34.1 Å². The van der Waals surface area contributed by atoms with Gasteiger partial charge in [0.2, 0.25) is 0 Å². The normalized spacial score (nSPS) is 32.4. The van der Waals surface area contributed by atoms with Crippen LogP contribution < -0.4 is 0 Å². The van der Waals surface area contributed by atoms with Crippen LogP contribution in [0.15, 0.2) is 0 Å². The number of likely N-dealkylation sites (N-methyl/N-ethyl adjacent to an activating group) is 3. The lowest BCUT2D eigenvalue weighted by Gasteiger charge is -2.42. The van der Waals surface area contributed by atoms with Crippen LogP contribution in [0.3, 0.4) is 0 Å². The van der Waals surface area contributed by atoms with E-state index in [1.807, 2.05) is 19.0 Å².